The van der Waals surface area contributed by atoms with E-state index < -0.39 is 49.1 Å². The zero-order chi connectivity index (χ0) is 20.8. The molecule has 0 saturated carbocycles. The van der Waals surface area contributed by atoms with E-state index in [0.717, 1.165) is 5.56 Å². The van der Waals surface area contributed by atoms with Crippen molar-refractivity contribution >= 4 is 12.1 Å². The molecule has 0 amide bonds. The number of hydrogen-bond acceptors (Lipinski definition) is 9. The van der Waals surface area contributed by atoms with E-state index in [1.807, 2.05) is 30.3 Å². The maximum atomic E-state index is 12.0. The summed E-state index contributed by atoms with van der Waals surface area (Å²) in [6, 6.07) is 9.31. The molecule has 0 aromatic heterocycles. The van der Waals surface area contributed by atoms with Gasteiger partial charge >= 0.3 is 12.1 Å². The van der Waals surface area contributed by atoms with Crippen LogP contribution in [0.5, 0.6) is 0 Å². The van der Waals surface area contributed by atoms with Gasteiger partial charge in [-0.2, -0.15) is 0 Å². The molecule has 2 aliphatic rings. The molecule has 2 fully saturated rings. The van der Waals surface area contributed by atoms with E-state index >= 15 is 0 Å². The first-order valence-electron chi connectivity index (χ1n) is 9.15. The molecule has 2 aliphatic heterocycles. The van der Waals surface area contributed by atoms with Crippen LogP contribution < -0.4 is 0 Å². The average molecular weight is 408 g/mol. The average Bonchev–Trinajstić information content (AvgIpc) is 2.73. The molecule has 0 bridgehead atoms. The molecule has 2 saturated heterocycles. The maximum Gasteiger partial charge on any atom is 0.509 e. The number of methoxy groups -OCH3 is 1. The quantitative estimate of drug-likeness (QED) is 0.518. The first-order valence-corrected chi connectivity index (χ1v) is 9.15. The van der Waals surface area contributed by atoms with Crippen LogP contribution in [0.25, 0.3) is 0 Å². The summed E-state index contributed by atoms with van der Waals surface area (Å²) in [5, 5.41) is 0. The van der Waals surface area contributed by atoms with Crippen LogP contribution >= 0.6 is 0 Å². The van der Waals surface area contributed by atoms with Crippen molar-refractivity contribution in [1.82, 2.24) is 0 Å². The Bertz CT molecular complexity index is 707. The monoisotopic (exact) mass is 408 g/mol. The fourth-order valence-corrected chi connectivity index (χ4v) is 3.24. The Kier molecular flexibility index (Phi) is 7.21. The van der Waals surface area contributed by atoms with Gasteiger partial charge in [-0.15, -0.1) is 0 Å². The van der Waals surface area contributed by atoms with E-state index in [-0.39, 0.29) is 13.2 Å². The van der Waals surface area contributed by atoms with E-state index in [1.54, 1.807) is 0 Å². The molecule has 0 aliphatic carbocycles. The summed E-state index contributed by atoms with van der Waals surface area (Å²) in [6.45, 7) is 4.87. The molecule has 6 atom stereocenters. The van der Waals surface area contributed by atoms with Crippen molar-refractivity contribution in [2.45, 2.75) is 43.9 Å². The minimum absolute atomic E-state index is 0.0330. The van der Waals surface area contributed by atoms with E-state index in [1.165, 1.54) is 20.1 Å². The second-order valence-electron chi connectivity index (χ2n) is 6.46. The van der Waals surface area contributed by atoms with Gasteiger partial charge in [-0.3, -0.25) is 4.79 Å². The van der Waals surface area contributed by atoms with Crippen molar-refractivity contribution in [2.75, 3.05) is 20.3 Å². The standard InChI is InChI=1S/C20H24O9/c1-4-10-24-20(22)29-17-16(26-12(2)21)15-14(27-19(17)23-3)11-25-18(28-15)13-8-6-5-7-9-13/h4-9,14-19H,1,10-11H2,2-3H3/t14-,15-,16+,17-,18?,19+/m1/s1. The van der Waals surface area contributed by atoms with Crippen LogP contribution in [0.2, 0.25) is 0 Å². The van der Waals surface area contributed by atoms with Gasteiger partial charge in [0, 0.05) is 19.6 Å². The highest BCUT2D eigenvalue weighted by atomic mass is 16.8. The molecular formula is C20H24O9. The van der Waals surface area contributed by atoms with Crippen LogP contribution in [-0.4, -0.2) is 63.2 Å². The molecule has 158 valence electrons. The molecule has 29 heavy (non-hydrogen) atoms. The van der Waals surface area contributed by atoms with Gasteiger partial charge in [-0.1, -0.05) is 43.0 Å². The number of carbonyl (C=O) groups excluding carboxylic acids is 2. The van der Waals surface area contributed by atoms with Crippen molar-refractivity contribution in [1.29, 1.82) is 0 Å². The van der Waals surface area contributed by atoms with Crippen molar-refractivity contribution in [3.05, 3.63) is 48.6 Å². The Morgan fingerprint density at radius 2 is 1.93 bits per heavy atom. The predicted molar refractivity (Wildman–Crippen MR) is 97.7 cm³/mol. The molecule has 0 radical (unpaired) electrons. The number of hydrogen-bond donors (Lipinski definition) is 0. The Labute approximate surface area is 168 Å². The summed E-state index contributed by atoms with van der Waals surface area (Å²) >= 11 is 0. The SMILES string of the molecule is C=CCOC(=O)O[C@H]1[C@@H](OC)O[C@@H]2COC(c3ccccc3)O[C@H]2[C@@H]1OC(C)=O. The van der Waals surface area contributed by atoms with Crippen LogP contribution in [0.4, 0.5) is 4.79 Å². The van der Waals surface area contributed by atoms with Crippen LogP contribution in [0.15, 0.2) is 43.0 Å². The van der Waals surface area contributed by atoms with Gasteiger partial charge < -0.3 is 33.2 Å². The predicted octanol–water partition coefficient (Wildman–Crippen LogP) is 2.11. The minimum Gasteiger partial charge on any atom is -0.455 e. The highest BCUT2D eigenvalue weighted by Gasteiger charge is 2.54. The lowest BCUT2D eigenvalue weighted by molar-refractivity contribution is -0.358. The van der Waals surface area contributed by atoms with Crippen molar-refractivity contribution in [3.8, 4) is 0 Å². The highest BCUT2D eigenvalue weighted by molar-refractivity contribution is 5.66. The Morgan fingerprint density at radius 1 is 1.17 bits per heavy atom. The second kappa shape index (κ2) is 9.84. The zero-order valence-corrected chi connectivity index (χ0v) is 16.2. The van der Waals surface area contributed by atoms with Gasteiger partial charge in [0.25, 0.3) is 0 Å². The Hall–Kier alpha value is -2.46. The largest absolute Gasteiger partial charge is 0.509 e. The van der Waals surface area contributed by atoms with Gasteiger partial charge in [-0.05, 0) is 0 Å². The number of carbonyl (C=O) groups is 2. The first kappa shape index (κ1) is 21.3. The smallest absolute Gasteiger partial charge is 0.455 e. The molecule has 3 rings (SSSR count). The van der Waals surface area contributed by atoms with Gasteiger partial charge in [0.15, 0.2) is 24.8 Å². The fraction of sp³-hybridized carbons (Fsp3) is 0.500. The molecular weight excluding hydrogens is 384 g/mol. The van der Waals surface area contributed by atoms with Crippen molar-refractivity contribution in [2.24, 2.45) is 0 Å². The number of esters is 1. The van der Waals surface area contributed by atoms with Gasteiger partial charge in [0.2, 0.25) is 0 Å². The first-order chi connectivity index (χ1) is 14.0. The third-order valence-corrected chi connectivity index (χ3v) is 4.44. The van der Waals surface area contributed by atoms with Crippen molar-refractivity contribution < 1.29 is 42.7 Å². The summed E-state index contributed by atoms with van der Waals surface area (Å²) < 4.78 is 38.6. The van der Waals surface area contributed by atoms with Gasteiger partial charge in [0.1, 0.15) is 18.8 Å². The summed E-state index contributed by atoms with van der Waals surface area (Å²) in [5.41, 5.74) is 0.796. The Morgan fingerprint density at radius 3 is 2.59 bits per heavy atom. The summed E-state index contributed by atoms with van der Waals surface area (Å²) in [7, 11) is 1.39. The third kappa shape index (κ3) is 5.13. The summed E-state index contributed by atoms with van der Waals surface area (Å²) in [5.74, 6) is -0.565. The number of fused-ring (bicyclic) bond motifs is 1. The lowest BCUT2D eigenvalue weighted by atomic mass is 9.97. The lowest BCUT2D eigenvalue weighted by Gasteiger charge is -2.47. The molecule has 9 nitrogen and oxygen atoms in total. The van der Waals surface area contributed by atoms with Crippen LogP contribution in [0.3, 0.4) is 0 Å². The van der Waals surface area contributed by atoms with Gasteiger partial charge in [-0.25, -0.2) is 4.79 Å². The van der Waals surface area contributed by atoms with E-state index in [2.05, 4.69) is 6.58 Å². The second-order valence-corrected chi connectivity index (χ2v) is 6.46. The molecule has 0 N–H and O–H groups in total. The molecule has 1 unspecified atom stereocenters. The molecule has 2 heterocycles. The van der Waals surface area contributed by atoms with Crippen LogP contribution in [0.1, 0.15) is 18.8 Å². The Balaban J connectivity index is 1.82. The van der Waals surface area contributed by atoms with E-state index in [9.17, 15) is 9.59 Å². The minimum atomic E-state index is -1.10. The molecule has 9 heteroatoms. The maximum absolute atomic E-state index is 12.0. The van der Waals surface area contributed by atoms with Crippen molar-refractivity contribution in [3.63, 3.8) is 0 Å². The van der Waals surface area contributed by atoms with E-state index in [4.69, 9.17) is 33.2 Å². The lowest BCUT2D eigenvalue weighted by Crippen LogP contribution is -2.64. The fourth-order valence-electron chi connectivity index (χ4n) is 3.24. The topological polar surface area (TPSA) is 98.8 Å². The third-order valence-electron chi connectivity index (χ3n) is 4.44. The zero-order valence-electron chi connectivity index (χ0n) is 16.2. The molecule has 0 spiro atoms. The summed E-state index contributed by atoms with van der Waals surface area (Å²) in [4.78, 5) is 23.8. The molecule has 1 aromatic rings. The van der Waals surface area contributed by atoms with Crippen LogP contribution in [-0.2, 0) is 38.0 Å². The summed E-state index contributed by atoms with van der Waals surface area (Å²) in [6.07, 6.45) is -4.68. The normalized spacial score (nSPS) is 31.2. The highest BCUT2D eigenvalue weighted by Crippen LogP contribution is 2.36. The van der Waals surface area contributed by atoms with Crippen LogP contribution in [0, 0.1) is 0 Å². The van der Waals surface area contributed by atoms with Gasteiger partial charge in [0.05, 0.1) is 6.61 Å². The number of rotatable bonds is 6. The number of ether oxygens (including phenoxy) is 7. The molecule has 1 aromatic carbocycles. The van der Waals surface area contributed by atoms with E-state index in [0.29, 0.717) is 0 Å². The number of benzene rings is 1.